The number of hydrogen-bond acceptors (Lipinski definition) is 4. The van der Waals surface area contributed by atoms with E-state index in [2.05, 4.69) is 10.6 Å². The molecule has 3 amide bonds. The lowest BCUT2D eigenvalue weighted by Crippen LogP contribution is -2.45. The van der Waals surface area contributed by atoms with E-state index in [9.17, 15) is 14.4 Å². The normalized spacial score (nSPS) is 21.7. The largest absolute Gasteiger partial charge is 0.497 e. The minimum absolute atomic E-state index is 0.359. The number of urea groups is 1. The fraction of sp³-hybridized carbons (Fsp3) is 0.250. The topological polar surface area (TPSA) is 105 Å². The van der Waals surface area contributed by atoms with Crippen LogP contribution in [-0.2, 0) is 15.1 Å². The third-order valence-electron chi connectivity index (χ3n) is 2.92. The van der Waals surface area contributed by atoms with Gasteiger partial charge in [-0.15, -0.1) is 0 Å². The lowest BCUT2D eigenvalue weighted by Gasteiger charge is -2.24. The van der Waals surface area contributed by atoms with Crippen LogP contribution in [0.4, 0.5) is 4.79 Å². The highest BCUT2D eigenvalue weighted by molar-refractivity contribution is 6.08. The molecule has 1 aliphatic rings. The Balaban J connectivity index is 2.51. The highest BCUT2D eigenvalue weighted by Gasteiger charge is 2.49. The number of aliphatic carboxylic acids is 1. The zero-order chi connectivity index (χ0) is 14.0. The molecule has 0 spiro atoms. The van der Waals surface area contributed by atoms with E-state index in [1.807, 2.05) is 0 Å². The number of ether oxygens (including phenoxy) is 1. The summed E-state index contributed by atoms with van der Waals surface area (Å²) < 4.78 is 5.03. The highest BCUT2D eigenvalue weighted by atomic mass is 16.5. The Morgan fingerprint density at radius 1 is 1.42 bits per heavy atom. The molecule has 1 saturated heterocycles. The summed E-state index contributed by atoms with van der Waals surface area (Å²) in [5.41, 5.74) is -1.24. The maximum Gasteiger partial charge on any atom is 0.322 e. The molecule has 1 aromatic rings. The van der Waals surface area contributed by atoms with Crippen LogP contribution in [0.5, 0.6) is 5.75 Å². The second-order valence-electron chi connectivity index (χ2n) is 4.12. The van der Waals surface area contributed by atoms with Crippen LogP contribution in [0.15, 0.2) is 24.3 Å². The molecule has 7 nitrogen and oxygen atoms in total. The average Bonchev–Trinajstić information content (AvgIpc) is 2.64. The number of imide groups is 1. The number of hydrogen-bond donors (Lipinski definition) is 3. The predicted molar refractivity (Wildman–Crippen MR) is 63.6 cm³/mol. The molecular formula is C12H12N2O5. The van der Waals surface area contributed by atoms with Gasteiger partial charge in [0.05, 0.1) is 13.5 Å². The van der Waals surface area contributed by atoms with E-state index in [-0.39, 0.29) is 0 Å². The predicted octanol–water partition coefficient (Wildman–Crippen LogP) is 0.205. The van der Waals surface area contributed by atoms with Gasteiger partial charge >= 0.3 is 12.0 Å². The van der Waals surface area contributed by atoms with Crippen LogP contribution in [0, 0.1) is 0 Å². The first-order valence-electron chi connectivity index (χ1n) is 5.48. The summed E-state index contributed by atoms with van der Waals surface area (Å²) in [7, 11) is 1.45. The minimum Gasteiger partial charge on any atom is -0.497 e. The molecule has 1 heterocycles. The zero-order valence-corrected chi connectivity index (χ0v) is 10.1. The van der Waals surface area contributed by atoms with Gasteiger partial charge in [-0.3, -0.25) is 14.9 Å². The van der Waals surface area contributed by atoms with Gasteiger partial charge in [0.25, 0.3) is 5.91 Å². The first-order valence-corrected chi connectivity index (χ1v) is 5.48. The Bertz CT molecular complexity index is 557. The van der Waals surface area contributed by atoms with E-state index in [4.69, 9.17) is 9.84 Å². The van der Waals surface area contributed by atoms with Crippen molar-refractivity contribution in [2.24, 2.45) is 0 Å². The van der Waals surface area contributed by atoms with Gasteiger partial charge in [0.2, 0.25) is 0 Å². The summed E-state index contributed by atoms with van der Waals surface area (Å²) in [6.07, 6.45) is -0.544. The van der Waals surface area contributed by atoms with Gasteiger partial charge in [0.15, 0.2) is 5.54 Å². The van der Waals surface area contributed by atoms with Crippen molar-refractivity contribution < 1.29 is 24.2 Å². The summed E-state index contributed by atoms with van der Waals surface area (Å²) in [6.45, 7) is 0. The first-order chi connectivity index (χ1) is 8.98. The molecule has 0 saturated carbocycles. The van der Waals surface area contributed by atoms with Crippen molar-refractivity contribution in [2.75, 3.05) is 7.11 Å². The lowest BCUT2D eigenvalue weighted by molar-refractivity contribution is -0.141. The molecule has 19 heavy (non-hydrogen) atoms. The molecule has 1 fully saturated rings. The molecule has 3 N–H and O–H groups in total. The smallest absolute Gasteiger partial charge is 0.322 e. The summed E-state index contributed by atoms with van der Waals surface area (Å²) >= 11 is 0. The fourth-order valence-electron chi connectivity index (χ4n) is 2.04. The Morgan fingerprint density at radius 3 is 2.68 bits per heavy atom. The fourth-order valence-corrected chi connectivity index (χ4v) is 2.04. The van der Waals surface area contributed by atoms with Crippen LogP contribution in [-0.4, -0.2) is 30.1 Å². The van der Waals surface area contributed by atoms with E-state index in [1.54, 1.807) is 18.2 Å². The average molecular weight is 264 g/mol. The van der Waals surface area contributed by atoms with Gasteiger partial charge in [0, 0.05) is 0 Å². The van der Waals surface area contributed by atoms with Crippen molar-refractivity contribution in [1.29, 1.82) is 0 Å². The molecule has 1 aromatic carbocycles. The van der Waals surface area contributed by atoms with Crippen LogP contribution in [0.2, 0.25) is 0 Å². The van der Waals surface area contributed by atoms with Crippen molar-refractivity contribution in [1.82, 2.24) is 10.6 Å². The van der Waals surface area contributed by atoms with Crippen molar-refractivity contribution >= 4 is 17.9 Å². The summed E-state index contributed by atoms with van der Waals surface area (Å²) in [5.74, 6) is -1.41. The zero-order valence-electron chi connectivity index (χ0n) is 10.1. The van der Waals surface area contributed by atoms with E-state index in [0.717, 1.165) is 0 Å². The van der Waals surface area contributed by atoms with Crippen LogP contribution in [0.1, 0.15) is 12.0 Å². The van der Waals surface area contributed by atoms with Crippen molar-refractivity contribution in [3.63, 3.8) is 0 Å². The van der Waals surface area contributed by atoms with Crippen LogP contribution in [0.25, 0.3) is 0 Å². The van der Waals surface area contributed by atoms with E-state index in [1.165, 1.54) is 13.2 Å². The maximum atomic E-state index is 11.9. The molecule has 0 bridgehead atoms. The summed E-state index contributed by atoms with van der Waals surface area (Å²) in [5, 5.41) is 13.4. The SMILES string of the molecule is COc1cccc(C2(CC(=O)O)NC(=O)NC2=O)c1. The van der Waals surface area contributed by atoms with Crippen molar-refractivity contribution in [3.05, 3.63) is 29.8 Å². The van der Waals surface area contributed by atoms with Gasteiger partial charge in [0.1, 0.15) is 5.75 Å². The van der Waals surface area contributed by atoms with Gasteiger partial charge < -0.3 is 15.2 Å². The number of amides is 3. The quantitative estimate of drug-likeness (QED) is 0.674. The van der Waals surface area contributed by atoms with Gasteiger partial charge in [-0.2, -0.15) is 0 Å². The van der Waals surface area contributed by atoms with Crippen LogP contribution in [0.3, 0.4) is 0 Å². The Hall–Kier alpha value is -2.57. The number of carbonyl (C=O) groups is 3. The summed E-state index contributed by atoms with van der Waals surface area (Å²) in [4.78, 5) is 34.2. The van der Waals surface area contributed by atoms with Crippen molar-refractivity contribution in [3.8, 4) is 5.75 Å². The van der Waals surface area contributed by atoms with Gasteiger partial charge in [-0.05, 0) is 17.7 Å². The maximum absolute atomic E-state index is 11.9. The first kappa shape index (κ1) is 12.9. The molecule has 0 aliphatic carbocycles. The number of carboxylic acid groups (broad SMARTS) is 1. The molecular weight excluding hydrogens is 252 g/mol. The van der Waals surface area contributed by atoms with Gasteiger partial charge in [-0.1, -0.05) is 12.1 Å². The molecule has 0 radical (unpaired) electrons. The monoisotopic (exact) mass is 264 g/mol. The standard InChI is InChI=1S/C12H12N2O5/c1-19-8-4-2-3-7(5-8)12(6-9(15)16)10(17)13-11(18)14-12/h2-5H,6H2,1H3,(H,15,16)(H2,13,14,17,18). The number of nitrogens with one attached hydrogen (secondary N) is 2. The van der Waals surface area contributed by atoms with Crippen molar-refractivity contribution in [2.45, 2.75) is 12.0 Å². The van der Waals surface area contributed by atoms with E-state index >= 15 is 0 Å². The number of benzene rings is 1. The molecule has 1 aliphatic heterocycles. The molecule has 0 aromatic heterocycles. The summed E-state index contributed by atoms with van der Waals surface area (Å²) in [6, 6.07) is 5.65. The van der Waals surface area contributed by atoms with Gasteiger partial charge in [-0.25, -0.2) is 4.79 Å². The highest BCUT2D eigenvalue weighted by Crippen LogP contribution is 2.30. The molecule has 2 rings (SSSR count). The van der Waals surface area contributed by atoms with Crippen LogP contribution >= 0.6 is 0 Å². The molecule has 100 valence electrons. The Labute approximate surface area is 108 Å². The molecule has 7 heteroatoms. The Morgan fingerprint density at radius 2 is 2.16 bits per heavy atom. The minimum atomic E-state index is -1.60. The molecule has 1 atom stereocenters. The van der Waals surface area contributed by atoms with E-state index < -0.39 is 29.9 Å². The van der Waals surface area contributed by atoms with Crippen LogP contribution < -0.4 is 15.4 Å². The Kier molecular flexibility index (Phi) is 3.12. The number of carboxylic acids is 1. The van der Waals surface area contributed by atoms with E-state index in [0.29, 0.717) is 11.3 Å². The second kappa shape index (κ2) is 4.60. The molecule has 1 unspecified atom stereocenters. The number of carbonyl (C=O) groups excluding carboxylic acids is 2. The third kappa shape index (κ3) is 2.22. The second-order valence-corrected chi connectivity index (χ2v) is 4.12. The number of methoxy groups -OCH3 is 1. The third-order valence-corrected chi connectivity index (χ3v) is 2.92. The lowest BCUT2D eigenvalue weighted by atomic mass is 9.86. The number of rotatable bonds is 4.